The molecule has 4 fully saturated rings. The summed E-state index contributed by atoms with van der Waals surface area (Å²) in [6.45, 7) is 15.3. The maximum Gasteiger partial charge on any atom is 0.266 e. The lowest BCUT2D eigenvalue weighted by molar-refractivity contribution is 0.160. The van der Waals surface area contributed by atoms with Gasteiger partial charge in [-0.05, 0) is 99.6 Å². The molecule has 0 atom stereocenters. The molecule has 2 aliphatic heterocycles. The standard InChI is InChI=1S/C20H27ClN2O3S.C11H11Cl2NO3S.C9H17N/c1-19(2,3)18-22-15-7-6-14(21)17(16(15)26-18)27(24,25)23-12-10-20(11-13-23)8-4-5-9-20;1-11(2,3)10-14-7-5-4-6(12)9(8(7)17-10)18(13,15)16;1-2-4-9(3-1)5-7-10-8-6-9/h6-7H,4-5,8-13H2,1-3H3;4-5H,1-3H3;10H,1-8H2. The maximum absolute atomic E-state index is 13.4. The molecule has 8 rings (SSSR count). The van der Waals surface area contributed by atoms with Crippen LogP contribution >= 0.6 is 33.9 Å². The van der Waals surface area contributed by atoms with Crippen LogP contribution in [0.15, 0.2) is 42.9 Å². The van der Waals surface area contributed by atoms with E-state index in [1.807, 2.05) is 41.5 Å². The molecule has 0 bridgehead atoms. The highest BCUT2D eigenvalue weighted by molar-refractivity contribution is 8.14. The lowest BCUT2D eigenvalue weighted by Gasteiger charge is -2.38. The average molecular weight is 858 g/mol. The summed E-state index contributed by atoms with van der Waals surface area (Å²) in [6, 6.07) is 6.36. The summed E-state index contributed by atoms with van der Waals surface area (Å²) in [7, 11) is -2.35. The molecule has 4 aromatic rings. The average Bonchev–Trinajstić information content (AvgIpc) is 3.92. The number of hydrogen-bond donors (Lipinski definition) is 1. The van der Waals surface area contributed by atoms with Crippen molar-refractivity contribution in [1.82, 2.24) is 19.6 Å². The van der Waals surface area contributed by atoms with Gasteiger partial charge in [-0.3, -0.25) is 0 Å². The Morgan fingerprint density at radius 2 is 1.04 bits per heavy atom. The van der Waals surface area contributed by atoms with Crippen molar-refractivity contribution in [3.8, 4) is 0 Å². The van der Waals surface area contributed by atoms with Crippen molar-refractivity contribution < 1.29 is 25.7 Å². The van der Waals surface area contributed by atoms with Crippen LogP contribution < -0.4 is 5.32 Å². The Bertz CT molecular complexity index is 2210. The van der Waals surface area contributed by atoms with Crippen molar-refractivity contribution in [3.63, 3.8) is 0 Å². The largest absolute Gasteiger partial charge is 0.439 e. The van der Waals surface area contributed by atoms with Gasteiger partial charge in [-0.15, -0.1) is 0 Å². The van der Waals surface area contributed by atoms with Crippen LogP contribution in [0.2, 0.25) is 10.0 Å². The lowest BCUT2D eigenvalue weighted by Crippen LogP contribution is -2.42. The monoisotopic (exact) mass is 856 g/mol. The van der Waals surface area contributed by atoms with Crippen LogP contribution in [0.25, 0.3) is 22.2 Å². The second-order valence-electron chi connectivity index (χ2n) is 18.0. The minimum atomic E-state index is -3.99. The number of nitrogens with zero attached hydrogens (tertiary/aromatic N) is 3. The van der Waals surface area contributed by atoms with Crippen LogP contribution in [0.3, 0.4) is 0 Å². The zero-order valence-electron chi connectivity index (χ0n) is 32.9. The van der Waals surface area contributed by atoms with E-state index in [0.29, 0.717) is 41.3 Å². The number of oxazole rings is 2. The third-order valence-corrected chi connectivity index (χ3v) is 16.0. The predicted octanol–water partition coefficient (Wildman–Crippen LogP) is 10.8. The molecule has 2 aromatic heterocycles. The van der Waals surface area contributed by atoms with Gasteiger partial charge < -0.3 is 14.2 Å². The summed E-state index contributed by atoms with van der Waals surface area (Å²) in [4.78, 5) is 8.58. The maximum atomic E-state index is 13.4. The van der Waals surface area contributed by atoms with Crippen LogP contribution in [-0.2, 0) is 29.9 Å². The van der Waals surface area contributed by atoms with Crippen molar-refractivity contribution in [2.45, 2.75) is 139 Å². The Kier molecular flexibility index (Phi) is 12.4. The first-order valence-electron chi connectivity index (χ1n) is 19.5. The zero-order valence-corrected chi connectivity index (χ0v) is 36.8. The number of rotatable bonds is 3. The topological polar surface area (TPSA) is 136 Å². The molecule has 2 saturated carbocycles. The Morgan fingerprint density at radius 3 is 1.45 bits per heavy atom. The molecule has 4 aliphatic rings. The van der Waals surface area contributed by atoms with Gasteiger partial charge in [0.15, 0.2) is 11.2 Å². The van der Waals surface area contributed by atoms with Crippen molar-refractivity contribution >= 4 is 75.2 Å². The van der Waals surface area contributed by atoms with E-state index in [1.54, 1.807) is 22.5 Å². The van der Waals surface area contributed by atoms with Crippen LogP contribution in [0.1, 0.15) is 130 Å². The normalized spacial score (nSPS) is 20.5. The summed E-state index contributed by atoms with van der Waals surface area (Å²) in [5.41, 5.74) is 1.84. The molecule has 2 saturated heterocycles. The summed E-state index contributed by atoms with van der Waals surface area (Å²) in [6.07, 6.45) is 15.8. The van der Waals surface area contributed by atoms with Gasteiger partial charge in [0.1, 0.15) is 20.8 Å². The van der Waals surface area contributed by atoms with E-state index in [9.17, 15) is 16.8 Å². The molecule has 4 heterocycles. The first-order chi connectivity index (χ1) is 25.6. The van der Waals surface area contributed by atoms with Crippen molar-refractivity contribution in [2.24, 2.45) is 10.8 Å². The van der Waals surface area contributed by atoms with Gasteiger partial charge in [0.05, 0.1) is 10.0 Å². The molecule has 0 amide bonds. The molecule has 2 spiro atoms. The van der Waals surface area contributed by atoms with E-state index < -0.39 is 19.1 Å². The number of sulfonamides is 1. The summed E-state index contributed by atoms with van der Waals surface area (Å²) < 4.78 is 62.9. The molecule has 10 nitrogen and oxygen atoms in total. The number of fused-ring (bicyclic) bond motifs is 2. The fourth-order valence-electron chi connectivity index (χ4n) is 8.53. The van der Waals surface area contributed by atoms with Gasteiger partial charge in [0, 0.05) is 34.6 Å². The Morgan fingerprint density at radius 1 is 0.636 bits per heavy atom. The second-order valence-corrected chi connectivity index (χ2v) is 23.2. The van der Waals surface area contributed by atoms with Crippen molar-refractivity contribution in [1.29, 1.82) is 0 Å². The number of hydrogen-bond acceptors (Lipinski definition) is 9. The van der Waals surface area contributed by atoms with Gasteiger partial charge in [-0.25, -0.2) is 26.8 Å². The lowest BCUT2D eigenvalue weighted by atomic mass is 9.78. The molecule has 15 heteroatoms. The highest BCUT2D eigenvalue weighted by Gasteiger charge is 2.42. The number of nitrogens with one attached hydrogen (secondary N) is 1. The zero-order chi connectivity index (χ0) is 40.0. The summed E-state index contributed by atoms with van der Waals surface area (Å²) in [5, 5.41) is 3.65. The third kappa shape index (κ3) is 9.36. The van der Waals surface area contributed by atoms with Gasteiger partial charge in [-0.1, -0.05) is 90.4 Å². The molecule has 2 aliphatic carbocycles. The van der Waals surface area contributed by atoms with Crippen molar-refractivity contribution in [2.75, 3.05) is 26.2 Å². The van der Waals surface area contributed by atoms with Gasteiger partial charge >= 0.3 is 0 Å². The minimum Gasteiger partial charge on any atom is -0.439 e. The van der Waals surface area contributed by atoms with E-state index in [4.69, 9.17) is 42.7 Å². The number of piperidine rings is 2. The number of halogens is 3. The van der Waals surface area contributed by atoms with Crippen LogP contribution in [-0.4, -0.2) is 57.3 Å². The van der Waals surface area contributed by atoms with Crippen LogP contribution in [0, 0.1) is 10.8 Å². The SMILES string of the molecule is C1CCC2(C1)CCNCC2.CC(C)(C)c1nc2ccc(Cl)c(S(=O)(=O)Cl)c2o1.CC(C)(C)c1nc2ccc(Cl)c(S(=O)(=O)N3CCC4(CCCC4)CC3)c2o1. The Labute approximate surface area is 340 Å². The summed E-state index contributed by atoms with van der Waals surface area (Å²) in [5.74, 6) is 0.945. The molecule has 0 radical (unpaired) electrons. The van der Waals surface area contributed by atoms with E-state index in [-0.39, 0.29) is 41.8 Å². The smallest absolute Gasteiger partial charge is 0.266 e. The Hall–Kier alpha value is -1.93. The van der Waals surface area contributed by atoms with Crippen LogP contribution in [0.5, 0.6) is 0 Å². The highest BCUT2D eigenvalue weighted by Crippen LogP contribution is 2.48. The summed E-state index contributed by atoms with van der Waals surface area (Å²) >= 11 is 12.2. The number of aromatic nitrogens is 2. The first-order valence-corrected chi connectivity index (χ1v) is 24.0. The highest BCUT2D eigenvalue weighted by atomic mass is 35.7. The molecular formula is C40H55Cl3N4O6S2. The Balaban J connectivity index is 0.000000157. The second kappa shape index (κ2) is 16.0. The minimum absolute atomic E-state index is 0.0223. The fourth-order valence-corrected chi connectivity index (χ4v) is 12.3. The van der Waals surface area contributed by atoms with E-state index in [1.165, 1.54) is 83.4 Å². The first kappa shape index (κ1) is 42.7. The van der Waals surface area contributed by atoms with E-state index >= 15 is 0 Å². The van der Waals surface area contributed by atoms with Gasteiger partial charge in [0.25, 0.3) is 9.05 Å². The van der Waals surface area contributed by atoms with E-state index in [2.05, 4.69) is 15.3 Å². The van der Waals surface area contributed by atoms with E-state index in [0.717, 1.165) is 18.3 Å². The molecule has 304 valence electrons. The van der Waals surface area contributed by atoms with Crippen molar-refractivity contribution in [3.05, 3.63) is 46.1 Å². The number of benzene rings is 2. The fraction of sp³-hybridized carbons (Fsp3) is 0.650. The van der Waals surface area contributed by atoms with Gasteiger partial charge in [0.2, 0.25) is 21.8 Å². The molecule has 2 aromatic carbocycles. The van der Waals surface area contributed by atoms with Gasteiger partial charge in [-0.2, -0.15) is 4.31 Å². The third-order valence-electron chi connectivity index (χ3n) is 11.8. The molecule has 0 unspecified atom stereocenters. The van der Waals surface area contributed by atoms with Crippen LogP contribution in [0.4, 0.5) is 0 Å². The molecule has 1 N–H and O–H groups in total. The predicted molar refractivity (Wildman–Crippen MR) is 220 cm³/mol. The molecular weight excluding hydrogens is 803 g/mol. The molecule has 55 heavy (non-hydrogen) atoms. The quantitative estimate of drug-likeness (QED) is 0.200.